The highest BCUT2D eigenvalue weighted by molar-refractivity contribution is 7.98. The summed E-state index contributed by atoms with van der Waals surface area (Å²) >= 11 is 1.51. The average molecular weight is 450 g/mol. The SMILES string of the molecule is COc1cc(SC)ccc1C(=O)N[C@@H]1C=C(C(=O)N[C@H]2CCCNC2=O)C[C@@H](O)[C@@H]1O. The van der Waals surface area contributed by atoms with Gasteiger partial charge in [-0.05, 0) is 37.3 Å². The molecule has 1 aliphatic carbocycles. The molecule has 10 heteroatoms. The molecule has 1 aromatic rings. The minimum atomic E-state index is -1.28. The molecule has 3 rings (SSSR count). The van der Waals surface area contributed by atoms with Crippen LogP contribution in [0.25, 0.3) is 0 Å². The van der Waals surface area contributed by atoms with Crippen LogP contribution in [0, 0.1) is 0 Å². The van der Waals surface area contributed by atoms with Gasteiger partial charge in [-0.25, -0.2) is 0 Å². The second-order valence-electron chi connectivity index (χ2n) is 7.48. The van der Waals surface area contributed by atoms with Crippen molar-refractivity contribution in [2.45, 2.75) is 48.4 Å². The van der Waals surface area contributed by atoms with Crippen LogP contribution in [0.2, 0.25) is 0 Å². The van der Waals surface area contributed by atoms with Crippen molar-refractivity contribution < 1.29 is 29.3 Å². The molecule has 4 atom stereocenters. The smallest absolute Gasteiger partial charge is 0.255 e. The number of aliphatic hydroxyl groups excluding tert-OH is 2. The van der Waals surface area contributed by atoms with Crippen molar-refractivity contribution in [2.75, 3.05) is 19.9 Å². The van der Waals surface area contributed by atoms with E-state index in [1.807, 2.05) is 6.26 Å². The molecule has 31 heavy (non-hydrogen) atoms. The number of hydrogen-bond donors (Lipinski definition) is 5. The van der Waals surface area contributed by atoms with E-state index in [9.17, 15) is 24.6 Å². The molecule has 0 unspecified atom stereocenters. The molecule has 0 spiro atoms. The molecule has 9 nitrogen and oxygen atoms in total. The second-order valence-corrected chi connectivity index (χ2v) is 8.36. The molecule has 0 bridgehead atoms. The first-order chi connectivity index (χ1) is 14.8. The average Bonchev–Trinajstić information content (AvgIpc) is 2.77. The zero-order chi connectivity index (χ0) is 22.5. The van der Waals surface area contributed by atoms with Crippen LogP contribution in [0.1, 0.15) is 29.6 Å². The lowest BCUT2D eigenvalue weighted by Gasteiger charge is -2.32. The molecule has 1 fully saturated rings. The molecule has 1 aliphatic heterocycles. The van der Waals surface area contributed by atoms with Crippen molar-refractivity contribution in [3.05, 3.63) is 35.4 Å². The highest BCUT2D eigenvalue weighted by Gasteiger charge is 2.35. The Morgan fingerprint density at radius 3 is 2.68 bits per heavy atom. The van der Waals surface area contributed by atoms with Crippen LogP contribution < -0.4 is 20.7 Å². The Bertz CT molecular complexity index is 890. The summed E-state index contributed by atoms with van der Waals surface area (Å²) in [6, 6.07) is 3.50. The number of nitrogens with one attached hydrogen (secondary N) is 3. The number of methoxy groups -OCH3 is 1. The third kappa shape index (κ3) is 5.38. The van der Waals surface area contributed by atoms with Gasteiger partial charge in [-0.2, -0.15) is 0 Å². The van der Waals surface area contributed by atoms with E-state index in [2.05, 4.69) is 16.0 Å². The summed E-state index contributed by atoms with van der Waals surface area (Å²) in [5.41, 5.74) is 0.469. The molecule has 1 heterocycles. The summed E-state index contributed by atoms with van der Waals surface area (Å²) in [5, 5.41) is 28.6. The summed E-state index contributed by atoms with van der Waals surface area (Å²) in [6.45, 7) is 0.578. The van der Waals surface area contributed by atoms with Crippen LogP contribution in [0.4, 0.5) is 0 Å². The van der Waals surface area contributed by atoms with E-state index in [0.717, 1.165) is 11.3 Å². The number of amides is 3. The van der Waals surface area contributed by atoms with Gasteiger partial charge in [-0.1, -0.05) is 6.08 Å². The van der Waals surface area contributed by atoms with Crippen molar-refractivity contribution >= 4 is 29.5 Å². The number of carbonyl (C=O) groups excluding carboxylic acids is 3. The quantitative estimate of drug-likeness (QED) is 0.385. The van der Waals surface area contributed by atoms with Crippen molar-refractivity contribution in [1.82, 2.24) is 16.0 Å². The first-order valence-electron chi connectivity index (χ1n) is 10.0. The van der Waals surface area contributed by atoms with E-state index in [4.69, 9.17) is 4.74 Å². The molecule has 0 aromatic heterocycles. The number of rotatable bonds is 6. The fourth-order valence-electron chi connectivity index (χ4n) is 3.64. The van der Waals surface area contributed by atoms with Crippen LogP contribution in [0.15, 0.2) is 34.7 Å². The van der Waals surface area contributed by atoms with Crippen molar-refractivity contribution in [2.24, 2.45) is 0 Å². The Labute approximate surface area is 184 Å². The third-order valence-corrected chi connectivity index (χ3v) is 6.13. The van der Waals surface area contributed by atoms with Gasteiger partial charge in [-0.15, -0.1) is 11.8 Å². The molecule has 168 valence electrons. The van der Waals surface area contributed by atoms with Gasteiger partial charge in [0, 0.05) is 23.4 Å². The number of ether oxygens (including phenoxy) is 1. The van der Waals surface area contributed by atoms with Gasteiger partial charge in [0.1, 0.15) is 17.9 Å². The molecule has 1 aromatic carbocycles. The lowest BCUT2D eigenvalue weighted by Crippen LogP contribution is -2.53. The predicted octanol–water partition coefficient (Wildman–Crippen LogP) is -0.0378. The first-order valence-corrected chi connectivity index (χ1v) is 11.2. The van der Waals surface area contributed by atoms with Crippen LogP contribution in [0.5, 0.6) is 5.75 Å². The molecule has 0 saturated carbocycles. The van der Waals surface area contributed by atoms with Crippen LogP contribution in [-0.4, -0.2) is 72.1 Å². The number of aliphatic hydroxyl groups is 2. The maximum Gasteiger partial charge on any atom is 0.255 e. The predicted molar refractivity (Wildman–Crippen MR) is 115 cm³/mol. The summed E-state index contributed by atoms with van der Waals surface area (Å²) in [5.74, 6) is -0.887. The van der Waals surface area contributed by atoms with Gasteiger partial charge in [0.05, 0.1) is 24.8 Å². The van der Waals surface area contributed by atoms with E-state index in [0.29, 0.717) is 18.7 Å². The first kappa shape index (κ1) is 23.1. The summed E-state index contributed by atoms with van der Waals surface area (Å²) in [4.78, 5) is 38.3. The van der Waals surface area contributed by atoms with Crippen LogP contribution in [-0.2, 0) is 9.59 Å². The Kier molecular flexibility index (Phi) is 7.58. The number of carbonyl (C=O) groups is 3. The summed E-state index contributed by atoms with van der Waals surface area (Å²) < 4.78 is 5.30. The maximum atomic E-state index is 12.8. The monoisotopic (exact) mass is 449 g/mol. The van der Waals surface area contributed by atoms with Gasteiger partial charge < -0.3 is 30.9 Å². The zero-order valence-electron chi connectivity index (χ0n) is 17.4. The Morgan fingerprint density at radius 1 is 1.23 bits per heavy atom. The standard InChI is InChI=1S/C21H27N3O6S/c1-30-17-10-12(31-2)5-6-13(17)20(28)24-15-8-11(9-16(25)18(15)26)19(27)23-14-4-3-7-22-21(14)29/h5-6,8,10,14-16,18,25-26H,3-4,7,9H2,1-2H3,(H,22,29)(H,23,27)(H,24,28)/t14-,15+,16+,18+/m0/s1. The van der Waals surface area contributed by atoms with Crippen molar-refractivity contribution in [3.8, 4) is 5.75 Å². The number of thioether (sulfide) groups is 1. The Morgan fingerprint density at radius 2 is 2.00 bits per heavy atom. The fourth-order valence-corrected chi connectivity index (χ4v) is 4.07. The van der Waals surface area contributed by atoms with E-state index in [1.165, 1.54) is 24.9 Å². The molecule has 0 radical (unpaired) electrons. The molecule has 5 N–H and O–H groups in total. The molecule has 1 saturated heterocycles. The zero-order valence-corrected chi connectivity index (χ0v) is 18.2. The molecule has 2 aliphatic rings. The highest BCUT2D eigenvalue weighted by atomic mass is 32.2. The Hall–Kier alpha value is -2.56. The number of hydrogen-bond acceptors (Lipinski definition) is 7. The van der Waals surface area contributed by atoms with Crippen molar-refractivity contribution in [1.29, 1.82) is 0 Å². The van der Waals surface area contributed by atoms with Gasteiger partial charge in [0.2, 0.25) is 11.8 Å². The second kappa shape index (κ2) is 10.2. The van der Waals surface area contributed by atoms with E-state index in [1.54, 1.807) is 18.2 Å². The van der Waals surface area contributed by atoms with Crippen molar-refractivity contribution in [3.63, 3.8) is 0 Å². The molecule has 3 amide bonds. The number of piperidine rings is 1. The van der Waals surface area contributed by atoms with E-state index < -0.39 is 36.1 Å². The minimum absolute atomic E-state index is 0.0839. The number of benzene rings is 1. The van der Waals surface area contributed by atoms with Gasteiger partial charge in [0.25, 0.3) is 5.91 Å². The van der Waals surface area contributed by atoms with Crippen LogP contribution in [0.3, 0.4) is 0 Å². The van der Waals surface area contributed by atoms with Gasteiger partial charge in [0.15, 0.2) is 0 Å². The summed E-state index contributed by atoms with van der Waals surface area (Å²) in [7, 11) is 1.46. The maximum absolute atomic E-state index is 12.8. The fraction of sp³-hybridized carbons (Fsp3) is 0.476. The molecular formula is C21H27N3O6S. The largest absolute Gasteiger partial charge is 0.496 e. The van der Waals surface area contributed by atoms with Crippen LogP contribution >= 0.6 is 11.8 Å². The lowest BCUT2D eigenvalue weighted by atomic mass is 9.89. The highest BCUT2D eigenvalue weighted by Crippen LogP contribution is 2.26. The van der Waals surface area contributed by atoms with Gasteiger partial charge in [-0.3, -0.25) is 14.4 Å². The van der Waals surface area contributed by atoms with E-state index >= 15 is 0 Å². The van der Waals surface area contributed by atoms with Gasteiger partial charge >= 0.3 is 0 Å². The van der Waals surface area contributed by atoms with E-state index in [-0.39, 0.29) is 23.5 Å². The topological polar surface area (TPSA) is 137 Å². The normalized spacial score (nSPS) is 25.8. The lowest BCUT2D eigenvalue weighted by molar-refractivity contribution is -0.129. The molecular weight excluding hydrogens is 422 g/mol. The Balaban J connectivity index is 1.75. The minimum Gasteiger partial charge on any atom is -0.496 e. The third-order valence-electron chi connectivity index (χ3n) is 5.41. The summed E-state index contributed by atoms with van der Waals surface area (Å²) in [6.07, 6.45) is 2.01.